The van der Waals surface area contributed by atoms with Gasteiger partial charge >= 0.3 is 58.2 Å². The Labute approximate surface area is 242 Å². The number of hydrogen-bond acceptors (Lipinski definition) is 4. The molecule has 5 rings (SSSR count). The van der Waals surface area contributed by atoms with Crippen molar-refractivity contribution in [3.63, 3.8) is 0 Å². The Morgan fingerprint density at radius 1 is 1.15 bits per heavy atom. The van der Waals surface area contributed by atoms with Crippen LogP contribution < -0.4 is 73.6 Å². The molecule has 162 valence electrons. The van der Waals surface area contributed by atoms with Gasteiger partial charge in [-0.2, -0.15) is 29.8 Å². The van der Waals surface area contributed by atoms with Crippen molar-refractivity contribution in [3.05, 3.63) is 82.5 Å². The van der Waals surface area contributed by atoms with Crippen LogP contribution in [0.4, 0.5) is 5.82 Å². The van der Waals surface area contributed by atoms with E-state index in [0.29, 0.717) is 30.0 Å². The number of rotatable bonds is 4. The Balaban J connectivity index is 0.00000259. The fourth-order valence-corrected chi connectivity index (χ4v) is 4.39. The van der Waals surface area contributed by atoms with Gasteiger partial charge in [0, 0.05) is 24.2 Å². The number of ether oxygens (including phenoxy) is 1. The molecule has 1 aromatic heterocycles. The summed E-state index contributed by atoms with van der Waals surface area (Å²) in [5, 5.41) is 5.97. The SMILES string of the molecule is Cc1c[c-]cc(C(=O)N[C@@H]2CCc3ccc(Oc4ccnc5c4CCC(=O)N5)cc3C2)c1.[Rb+]. The van der Waals surface area contributed by atoms with Crippen molar-refractivity contribution < 1.29 is 72.5 Å². The van der Waals surface area contributed by atoms with Gasteiger partial charge in [0.1, 0.15) is 17.3 Å². The van der Waals surface area contributed by atoms with Crippen molar-refractivity contribution in [2.45, 2.75) is 45.1 Å². The van der Waals surface area contributed by atoms with E-state index in [1.165, 1.54) is 11.1 Å². The Hall–Kier alpha value is -1.86. The van der Waals surface area contributed by atoms with Crippen LogP contribution in [0.5, 0.6) is 11.5 Å². The minimum Gasteiger partial charge on any atom is -0.457 e. The summed E-state index contributed by atoms with van der Waals surface area (Å²) in [4.78, 5) is 28.6. The number of anilines is 1. The zero-order valence-electron chi connectivity index (χ0n) is 18.9. The first-order valence-electron chi connectivity index (χ1n) is 10.9. The molecule has 33 heavy (non-hydrogen) atoms. The minimum atomic E-state index is -0.0590. The molecule has 2 amide bonds. The topological polar surface area (TPSA) is 80.3 Å². The molecule has 7 heteroatoms. The van der Waals surface area contributed by atoms with Crippen molar-refractivity contribution in [2.75, 3.05) is 5.32 Å². The molecule has 1 aliphatic carbocycles. The molecule has 0 fully saturated rings. The number of benzene rings is 2. The van der Waals surface area contributed by atoms with Crippen LogP contribution in [0.1, 0.15) is 45.5 Å². The van der Waals surface area contributed by atoms with E-state index in [9.17, 15) is 9.59 Å². The molecule has 2 heterocycles. The summed E-state index contributed by atoms with van der Waals surface area (Å²) in [6.45, 7) is 1.96. The van der Waals surface area contributed by atoms with Crippen LogP contribution >= 0.6 is 0 Å². The number of aromatic nitrogens is 1. The van der Waals surface area contributed by atoms with Gasteiger partial charge in [0.25, 0.3) is 0 Å². The van der Waals surface area contributed by atoms with Gasteiger partial charge < -0.3 is 15.4 Å². The summed E-state index contributed by atoms with van der Waals surface area (Å²) in [7, 11) is 0. The van der Waals surface area contributed by atoms with Gasteiger partial charge in [0.05, 0.1) is 0 Å². The van der Waals surface area contributed by atoms with Crippen LogP contribution in [0.3, 0.4) is 0 Å². The maximum absolute atomic E-state index is 12.7. The number of amides is 2. The van der Waals surface area contributed by atoms with Crippen molar-refractivity contribution in [1.29, 1.82) is 0 Å². The third kappa shape index (κ3) is 5.62. The summed E-state index contributed by atoms with van der Waals surface area (Å²) in [5.74, 6) is 1.96. The number of fused-ring (bicyclic) bond motifs is 2. The third-order valence-electron chi connectivity index (χ3n) is 6.04. The number of carbonyl (C=O) groups excluding carboxylic acids is 2. The van der Waals surface area contributed by atoms with Crippen LogP contribution in [-0.2, 0) is 24.1 Å². The molecule has 1 aliphatic heterocycles. The van der Waals surface area contributed by atoms with Crippen LogP contribution in [0.25, 0.3) is 0 Å². The molecule has 0 saturated carbocycles. The van der Waals surface area contributed by atoms with Gasteiger partial charge in [-0.25, -0.2) is 4.98 Å². The first kappa shape index (κ1) is 24.3. The van der Waals surface area contributed by atoms with Gasteiger partial charge in [-0.15, -0.1) is 0 Å². The van der Waals surface area contributed by atoms with Crippen LogP contribution in [-0.4, -0.2) is 22.8 Å². The number of nitrogens with one attached hydrogen (secondary N) is 2. The number of hydrogen-bond donors (Lipinski definition) is 2. The van der Waals surface area contributed by atoms with E-state index in [-0.39, 0.29) is 76.0 Å². The minimum absolute atomic E-state index is 0. The standard InChI is InChI=1S/C26H24N3O3.Rb/c1-16-3-2-4-18(13-16)26(31)28-20-7-5-17-6-8-21(15-19(17)14-20)32-23-11-12-27-25-22(23)9-10-24(30)29-25;/h3-4,6,8,11-13,15,20H,5,7,9-10,14H2,1H3,(H,28,31)(H,27,29,30);/q-1;+1/t20-;/m1./s1. The van der Waals surface area contributed by atoms with Gasteiger partial charge in [0.15, 0.2) is 5.91 Å². The summed E-state index contributed by atoms with van der Waals surface area (Å²) in [6, 6.07) is 16.5. The van der Waals surface area contributed by atoms with Crippen molar-refractivity contribution in [2.24, 2.45) is 0 Å². The van der Waals surface area contributed by atoms with Crippen molar-refractivity contribution in [3.8, 4) is 11.5 Å². The van der Waals surface area contributed by atoms with Gasteiger partial charge in [0.2, 0.25) is 5.91 Å². The first-order valence-corrected chi connectivity index (χ1v) is 10.9. The number of pyridine rings is 1. The molecular formula is C26H24N3O3Rb. The maximum atomic E-state index is 12.7. The fraction of sp³-hybridized carbons (Fsp3) is 0.269. The van der Waals surface area contributed by atoms with Gasteiger partial charge in [-0.05, 0) is 55.0 Å². The van der Waals surface area contributed by atoms with E-state index < -0.39 is 0 Å². The number of nitrogens with zero attached hydrogens (tertiary/aromatic N) is 1. The predicted octanol–water partition coefficient (Wildman–Crippen LogP) is 1.16. The average Bonchev–Trinajstić information content (AvgIpc) is 2.79. The van der Waals surface area contributed by atoms with Gasteiger partial charge in [-0.1, -0.05) is 18.6 Å². The maximum Gasteiger partial charge on any atom is 1.00 e. The van der Waals surface area contributed by atoms with Crippen molar-refractivity contribution >= 4 is 17.6 Å². The molecule has 0 radical (unpaired) electrons. The summed E-state index contributed by atoms with van der Waals surface area (Å²) in [5.41, 5.74) is 5.06. The molecule has 0 spiro atoms. The van der Waals surface area contributed by atoms with Gasteiger partial charge in [-0.3, -0.25) is 9.59 Å². The van der Waals surface area contributed by atoms with Crippen LogP contribution in [0.15, 0.2) is 48.7 Å². The van der Waals surface area contributed by atoms with E-state index in [0.717, 1.165) is 36.1 Å². The molecule has 0 unspecified atom stereocenters. The second kappa shape index (κ2) is 10.6. The predicted molar refractivity (Wildman–Crippen MR) is 121 cm³/mol. The monoisotopic (exact) mass is 511 g/mol. The molecule has 1 atom stereocenters. The quantitative estimate of drug-likeness (QED) is 0.515. The Kier molecular flexibility index (Phi) is 7.79. The molecule has 2 aliphatic rings. The first-order chi connectivity index (χ1) is 15.5. The molecule has 6 nitrogen and oxygen atoms in total. The van der Waals surface area contributed by atoms with E-state index in [2.05, 4.69) is 33.8 Å². The Bertz CT molecular complexity index is 1210. The van der Waals surface area contributed by atoms with E-state index >= 15 is 0 Å². The summed E-state index contributed by atoms with van der Waals surface area (Å²) in [6.07, 6.45) is 5.27. The van der Waals surface area contributed by atoms with E-state index in [4.69, 9.17) is 4.74 Å². The summed E-state index contributed by atoms with van der Waals surface area (Å²) < 4.78 is 6.19. The van der Waals surface area contributed by atoms with Crippen LogP contribution in [0, 0.1) is 13.0 Å². The zero-order chi connectivity index (χ0) is 22.1. The Morgan fingerprint density at radius 3 is 2.88 bits per heavy atom. The van der Waals surface area contributed by atoms with Crippen molar-refractivity contribution in [1.82, 2.24) is 10.3 Å². The number of aryl methyl sites for hydroxylation is 2. The molecular weight excluding hydrogens is 488 g/mol. The third-order valence-corrected chi connectivity index (χ3v) is 6.04. The second-order valence-corrected chi connectivity index (χ2v) is 8.43. The molecule has 0 saturated heterocycles. The fourth-order valence-electron chi connectivity index (χ4n) is 4.39. The number of carbonyl (C=O) groups is 2. The molecule has 2 N–H and O–H groups in total. The average molecular weight is 512 g/mol. The normalized spacial score (nSPS) is 16.5. The van der Waals surface area contributed by atoms with E-state index in [1.54, 1.807) is 12.3 Å². The molecule has 2 aromatic carbocycles. The second-order valence-electron chi connectivity index (χ2n) is 8.43. The molecule has 3 aromatic rings. The summed E-state index contributed by atoms with van der Waals surface area (Å²) >= 11 is 0. The molecule has 0 bridgehead atoms. The van der Waals surface area contributed by atoms with Crippen LogP contribution in [0.2, 0.25) is 0 Å². The zero-order valence-corrected chi connectivity index (χ0v) is 23.8. The van der Waals surface area contributed by atoms with E-state index in [1.807, 2.05) is 31.2 Å². The largest absolute Gasteiger partial charge is 1.00 e. The Morgan fingerprint density at radius 2 is 2.03 bits per heavy atom. The smallest absolute Gasteiger partial charge is 0.457 e.